The van der Waals surface area contributed by atoms with E-state index < -0.39 is 4.92 Å². The van der Waals surface area contributed by atoms with Crippen LogP contribution in [0.4, 0.5) is 11.4 Å². The number of aryl methyl sites for hydroxylation is 2. The number of amides is 1. The maximum atomic E-state index is 12.7. The number of hydrogen-bond acceptors (Lipinski definition) is 5. The number of fused-ring (bicyclic) bond motifs is 1. The van der Waals surface area contributed by atoms with Gasteiger partial charge in [0.1, 0.15) is 4.88 Å². The van der Waals surface area contributed by atoms with Crippen LogP contribution in [0.25, 0.3) is 16.2 Å². The second-order valence-electron chi connectivity index (χ2n) is 6.43. The molecule has 0 aliphatic heterocycles. The molecule has 4 aromatic rings. The highest BCUT2D eigenvalue weighted by molar-refractivity contribution is 7.19. The van der Waals surface area contributed by atoms with E-state index in [4.69, 9.17) is 0 Å². The van der Waals surface area contributed by atoms with Gasteiger partial charge in [0.2, 0.25) is 0 Å². The average Bonchev–Trinajstić information content (AvgIpc) is 3.21. The number of thiazole rings is 1. The Bertz CT molecular complexity index is 1230. The Morgan fingerprint density at radius 2 is 1.96 bits per heavy atom. The Kier molecular flexibility index (Phi) is 4.40. The quantitative estimate of drug-likeness (QED) is 0.397. The van der Waals surface area contributed by atoms with Gasteiger partial charge in [-0.25, -0.2) is 4.98 Å². The summed E-state index contributed by atoms with van der Waals surface area (Å²) in [5.74, 6) is -0.185. The molecule has 4 rings (SSSR count). The third-order valence-corrected chi connectivity index (χ3v) is 5.55. The minimum absolute atomic E-state index is 0.0174. The van der Waals surface area contributed by atoms with Crippen LogP contribution in [0.3, 0.4) is 0 Å². The first-order chi connectivity index (χ1) is 13.4. The van der Waals surface area contributed by atoms with Crippen molar-refractivity contribution >= 4 is 33.6 Å². The predicted molar refractivity (Wildman–Crippen MR) is 109 cm³/mol. The fourth-order valence-corrected chi connectivity index (χ4v) is 3.99. The summed E-state index contributed by atoms with van der Waals surface area (Å²) < 4.78 is 1.84. The fourth-order valence-electron chi connectivity index (χ4n) is 2.99. The first kappa shape index (κ1) is 17.9. The highest BCUT2D eigenvalue weighted by atomic mass is 32.1. The van der Waals surface area contributed by atoms with Gasteiger partial charge in [-0.3, -0.25) is 19.3 Å². The first-order valence-corrected chi connectivity index (χ1v) is 9.35. The highest BCUT2D eigenvalue weighted by Crippen LogP contribution is 2.29. The number of nitro groups is 1. The SMILES string of the molecule is Cc1cccc(NC(=O)c2sc3nc(-c4cccc([N+](=O)[O-])c4)cn3c2C)c1. The number of benzene rings is 2. The minimum Gasteiger partial charge on any atom is -0.321 e. The van der Waals surface area contributed by atoms with E-state index in [9.17, 15) is 14.9 Å². The number of anilines is 1. The van der Waals surface area contributed by atoms with Gasteiger partial charge in [0.15, 0.2) is 4.96 Å². The van der Waals surface area contributed by atoms with E-state index in [1.54, 1.807) is 18.3 Å². The molecule has 8 heteroatoms. The summed E-state index contributed by atoms with van der Waals surface area (Å²) in [4.78, 5) is 29.0. The Morgan fingerprint density at radius 1 is 1.18 bits per heavy atom. The molecule has 0 fully saturated rings. The Hall–Kier alpha value is -3.52. The smallest absolute Gasteiger partial charge is 0.270 e. The lowest BCUT2D eigenvalue weighted by atomic mass is 10.1. The van der Waals surface area contributed by atoms with Crippen molar-refractivity contribution in [1.29, 1.82) is 0 Å². The van der Waals surface area contributed by atoms with Crippen molar-refractivity contribution in [3.05, 3.63) is 81.0 Å². The number of aromatic nitrogens is 2. The zero-order valence-electron chi connectivity index (χ0n) is 15.2. The van der Waals surface area contributed by atoms with Gasteiger partial charge in [-0.1, -0.05) is 35.6 Å². The minimum atomic E-state index is -0.430. The summed E-state index contributed by atoms with van der Waals surface area (Å²) in [5.41, 5.74) is 3.89. The molecule has 0 radical (unpaired) electrons. The number of nitrogens with zero attached hydrogens (tertiary/aromatic N) is 3. The summed E-state index contributed by atoms with van der Waals surface area (Å²) in [5, 5.41) is 13.9. The maximum Gasteiger partial charge on any atom is 0.270 e. The highest BCUT2D eigenvalue weighted by Gasteiger charge is 2.19. The van der Waals surface area contributed by atoms with E-state index in [1.165, 1.54) is 23.5 Å². The third-order valence-electron chi connectivity index (χ3n) is 4.39. The van der Waals surface area contributed by atoms with Gasteiger partial charge in [0, 0.05) is 35.3 Å². The summed E-state index contributed by atoms with van der Waals surface area (Å²) in [6.45, 7) is 3.82. The van der Waals surface area contributed by atoms with Gasteiger partial charge >= 0.3 is 0 Å². The van der Waals surface area contributed by atoms with Crippen LogP contribution in [0.5, 0.6) is 0 Å². The number of carbonyl (C=O) groups is 1. The predicted octanol–water partition coefficient (Wildman–Crippen LogP) is 4.84. The van der Waals surface area contributed by atoms with Crippen molar-refractivity contribution in [3.8, 4) is 11.3 Å². The lowest BCUT2D eigenvalue weighted by Gasteiger charge is -2.05. The van der Waals surface area contributed by atoms with Crippen LogP contribution in [-0.2, 0) is 0 Å². The molecule has 0 aliphatic carbocycles. The number of non-ortho nitro benzene ring substituents is 1. The molecule has 2 aromatic heterocycles. The summed E-state index contributed by atoms with van der Waals surface area (Å²) >= 11 is 1.29. The molecule has 0 bridgehead atoms. The summed E-state index contributed by atoms with van der Waals surface area (Å²) in [6, 6.07) is 14.0. The van der Waals surface area contributed by atoms with Crippen LogP contribution in [0.1, 0.15) is 20.9 Å². The van der Waals surface area contributed by atoms with Gasteiger partial charge < -0.3 is 5.32 Å². The molecule has 2 heterocycles. The van der Waals surface area contributed by atoms with Gasteiger partial charge in [-0.15, -0.1) is 0 Å². The average molecular weight is 392 g/mol. The van der Waals surface area contributed by atoms with Gasteiger partial charge in [0.05, 0.1) is 10.6 Å². The van der Waals surface area contributed by atoms with Crippen molar-refractivity contribution in [2.24, 2.45) is 0 Å². The molecule has 0 unspecified atom stereocenters. The molecular weight excluding hydrogens is 376 g/mol. The molecule has 7 nitrogen and oxygen atoms in total. The fraction of sp³-hybridized carbons (Fsp3) is 0.100. The number of nitro benzene ring substituents is 1. The number of nitrogens with one attached hydrogen (secondary N) is 1. The molecule has 0 aliphatic rings. The van der Waals surface area contributed by atoms with E-state index >= 15 is 0 Å². The number of hydrogen-bond donors (Lipinski definition) is 1. The van der Waals surface area contributed by atoms with E-state index in [2.05, 4.69) is 10.3 Å². The molecule has 28 heavy (non-hydrogen) atoms. The van der Waals surface area contributed by atoms with E-state index in [-0.39, 0.29) is 11.6 Å². The molecule has 140 valence electrons. The van der Waals surface area contributed by atoms with Crippen LogP contribution < -0.4 is 5.32 Å². The molecular formula is C20H16N4O3S. The van der Waals surface area contributed by atoms with E-state index in [0.29, 0.717) is 21.1 Å². The number of rotatable bonds is 4. The molecule has 0 spiro atoms. The number of imidazole rings is 1. The molecule has 0 saturated carbocycles. The molecule has 0 atom stereocenters. The largest absolute Gasteiger partial charge is 0.321 e. The van der Waals surface area contributed by atoms with Gasteiger partial charge in [-0.2, -0.15) is 0 Å². The van der Waals surface area contributed by atoms with Crippen LogP contribution >= 0.6 is 11.3 Å². The van der Waals surface area contributed by atoms with Crippen molar-refractivity contribution in [2.45, 2.75) is 13.8 Å². The zero-order valence-corrected chi connectivity index (χ0v) is 16.0. The Morgan fingerprint density at radius 3 is 2.68 bits per heavy atom. The Balaban J connectivity index is 1.65. The third kappa shape index (κ3) is 3.25. The first-order valence-electron chi connectivity index (χ1n) is 8.54. The summed E-state index contributed by atoms with van der Waals surface area (Å²) in [6.07, 6.45) is 1.80. The van der Waals surface area contributed by atoms with Crippen LogP contribution in [0.15, 0.2) is 54.7 Å². The molecule has 0 saturated heterocycles. The van der Waals surface area contributed by atoms with Crippen LogP contribution in [-0.4, -0.2) is 20.2 Å². The summed E-state index contributed by atoms with van der Waals surface area (Å²) in [7, 11) is 0. The van der Waals surface area contributed by atoms with Crippen molar-refractivity contribution in [3.63, 3.8) is 0 Å². The van der Waals surface area contributed by atoms with Crippen LogP contribution in [0.2, 0.25) is 0 Å². The lowest BCUT2D eigenvalue weighted by Crippen LogP contribution is -2.11. The topological polar surface area (TPSA) is 89.5 Å². The monoisotopic (exact) mass is 392 g/mol. The Labute approximate surface area is 164 Å². The molecule has 1 N–H and O–H groups in total. The maximum absolute atomic E-state index is 12.7. The van der Waals surface area contributed by atoms with Gasteiger partial charge in [-0.05, 0) is 31.5 Å². The van der Waals surface area contributed by atoms with Crippen LogP contribution in [0, 0.1) is 24.0 Å². The van der Waals surface area contributed by atoms with E-state index in [1.807, 2.05) is 42.5 Å². The van der Waals surface area contributed by atoms with Crippen molar-refractivity contribution in [2.75, 3.05) is 5.32 Å². The number of carbonyl (C=O) groups excluding carboxylic acids is 1. The molecule has 2 aromatic carbocycles. The van der Waals surface area contributed by atoms with Crippen molar-refractivity contribution in [1.82, 2.24) is 9.38 Å². The standard InChI is InChI=1S/C20H16N4O3S/c1-12-5-3-7-15(9-12)21-19(25)18-13(2)23-11-17(22-20(23)28-18)14-6-4-8-16(10-14)24(26)27/h3-11H,1-2H3,(H,21,25). The lowest BCUT2D eigenvalue weighted by molar-refractivity contribution is -0.384. The second kappa shape index (κ2) is 6.90. The normalized spacial score (nSPS) is 10.9. The molecule has 1 amide bonds. The second-order valence-corrected chi connectivity index (χ2v) is 7.40. The van der Waals surface area contributed by atoms with Gasteiger partial charge in [0.25, 0.3) is 11.6 Å². The van der Waals surface area contributed by atoms with E-state index in [0.717, 1.165) is 16.9 Å². The van der Waals surface area contributed by atoms with Crippen molar-refractivity contribution < 1.29 is 9.72 Å². The zero-order chi connectivity index (χ0) is 19.8.